The van der Waals surface area contributed by atoms with Gasteiger partial charge < -0.3 is 19.7 Å². The van der Waals surface area contributed by atoms with Gasteiger partial charge in [0.1, 0.15) is 12.2 Å². The number of carbonyl (C=O) groups excluding carboxylic acids is 2. The Balaban J connectivity index is 1.76. The molecular weight excluding hydrogens is 240 g/mol. The van der Waals surface area contributed by atoms with Gasteiger partial charge in [-0.15, -0.1) is 0 Å². The van der Waals surface area contributed by atoms with Crippen LogP contribution in [-0.4, -0.2) is 46.6 Å². The molecule has 0 amide bonds. The Hall–Kier alpha value is -1.14. The lowest BCUT2D eigenvalue weighted by atomic mass is 9.96. The van der Waals surface area contributed by atoms with Crippen LogP contribution in [0.3, 0.4) is 0 Å². The van der Waals surface area contributed by atoms with Crippen molar-refractivity contribution in [2.24, 2.45) is 0 Å². The standard InChI is InChI=1S/C12H18O6/c13-9(11(15)17-7-3-1-4-7)10(14)12(16)18-8-5-2-6-8/h7-10,13-14H,1-6H2/t9-,10-/m1/s1. The zero-order valence-corrected chi connectivity index (χ0v) is 10.1. The lowest BCUT2D eigenvalue weighted by Crippen LogP contribution is -2.45. The van der Waals surface area contributed by atoms with Crippen molar-refractivity contribution in [3.05, 3.63) is 0 Å². The molecule has 0 aromatic carbocycles. The van der Waals surface area contributed by atoms with E-state index < -0.39 is 24.1 Å². The van der Waals surface area contributed by atoms with Crippen LogP contribution in [0.25, 0.3) is 0 Å². The summed E-state index contributed by atoms with van der Waals surface area (Å²) in [5.41, 5.74) is 0. The number of ether oxygens (including phenoxy) is 2. The van der Waals surface area contributed by atoms with Crippen molar-refractivity contribution in [1.29, 1.82) is 0 Å². The predicted octanol–water partition coefficient (Wildman–Crippen LogP) is -0.100. The van der Waals surface area contributed by atoms with Crippen LogP contribution in [0.5, 0.6) is 0 Å². The van der Waals surface area contributed by atoms with Gasteiger partial charge in [0.25, 0.3) is 0 Å². The summed E-state index contributed by atoms with van der Waals surface area (Å²) in [7, 11) is 0. The fraction of sp³-hybridized carbons (Fsp3) is 0.833. The van der Waals surface area contributed by atoms with Crippen molar-refractivity contribution in [2.45, 2.75) is 62.9 Å². The molecule has 2 rings (SSSR count). The lowest BCUT2D eigenvalue weighted by Gasteiger charge is -2.28. The first-order valence-corrected chi connectivity index (χ1v) is 6.35. The summed E-state index contributed by atoms with van der Waals surface area (Å²) in [6.45, 7) is 0. The van der Waals surface area contributed by atoms with Crippen molar-refractivity contribution in [2.75, 3.05) is 0 Å². The number of aliphatic hydroxyl groups excluding tert-OH is 2. The largest absolute Gasteiger partial charge is 0.460 e. The Bertz CT molecular complexity index is 289. The number of hydrogen-bond acceptors (Lipinski definition) is 6. The van der Waals surface area contributed by atoms with Crippen molar-refractivity contribution in [3.63, 3.8) is 0 Å². The molecule has 2 aliphatic carbocycles. The summed E-state index contributed by atoms with van der Waals surface area (Å²) in [5, 5.41) is 19.0. The van der Waals surface area contributed by atoms with Gasteiger partial charge in [0.15, 0.2) is 12.2 Å². The Labute approximate surface area is 105 Å². The van der Waals surface area contributed by atoms with Gasteiger partial charge >= 0.3 is 11.9 Å². The molecule has 18 heavy (non-hydrogen) atoms. The van der Waals surface area contributed by atoms with Crippen LogP contribution in [-0.2, 0) is 19.1 Å². The van der Waals surface area contributed by atoms with Gasteiger partial charge in [-0.25, -0.2) is 9.59 Å². The van der Waals surface area contributed by atoms with E-state index in [9.17, 15) is 19.8 Å². The molecule has 2 fully saturated rings. The van der Waals surface area contributed by atoms with Gasteiger partial charge in [-0.3, -0.25) is 0 Å². The monoisotopic (exact) mass is 258 g/mol. The minimum Gasteiger partial charge on any atom is -0.460 e. The molecule has 0 saturated heterocycles. The predicted molar refractivity (Wildman–Crippen MR) is 59.5 cm³/mol. The van der Waals surface area contributed by atoms with Crippen LogP contribution in [0.1, 0.15) is 38.5 Å². The Kier molecular flexibility index (Phi) is 4.19. The zero-order valence-electron chi connectivity index (χ0n) is 10.1. The third kappa shape index (κ3) is 3.00. The smallest absolute Gasteiger partial charge is 0.338 e. The molecule has 0 aromatic rings. The molecule has 0 aliphatic heterocycles. The molecule has 6 heteroatoms. The number of hydrogen-bond donors (Lipinski definition) is 2. The fourth-order valence-electron chi connectivity index (χ4n) is 1.70. The maximum Gasteiger partial charge on any atom is 0.338 e. The first kappa shape index (κ1) is 13.3. The molecule has 0 spiro atoms. The topological polar surface area (TPSA) is 93.1 Å². The second-order valence-electron chi connectivity index (χ2n) is 4.87. The summed E-state index contributed by atoms with van der Waals surface area (Å²) in [6, 6.07) is 0. The maximum absolute atomic E-state index is 11.4. The molecule has 102 valence electrons. The average molecular weight is 258 g/mol. The Morgan fingerprint density at radius 3 is 1.39 bits per heavy atom. The number of carbonyl (C=O) groups is 2. The summed E-state index contributed by atoms with van der Waals surface area (Å²) in [5.74, 6) is -1.92. The summed E-state index contributed by atoms with van der Waals surface area (Å²) in [4.78, 5) is 22.8. The first-order valence-electron chi connectivity index (χ1n) is 6.35. The highest BCUT2D eigenvalue weighted by Gasteiger charge is 2.36. The second kappa shape index (κ2) is 5.67. The average Bonchev–Trinajstić information content (AvgIpc) is 2.25. The van der Waals surface area contributed by atoms with Crippen LogP contribution >= 0.6 is 0 Å². The van der Waals surface area contributed by atoms with Crippen LogP contribution in [0, 0.1) is 0 Å². The van der Waals surface area contributed by atoms with E-state index in [1.165, 1.54) is 0 Å². The quantitative estimate of drug-likeness (QED) is 0.669. The molecule has 0 bridgehead atoms. The maximum atomic E-state index is 11.4. The summed E-state index contributed by atoms with van der Waals surface area (Å²) in [6.07, 6.45) is 0.922. The van der Waals surface area contributed by atoms with Crippen LogP contribution in [0.15, 0.2) is 0 Å². The van der Waals surface area contributed by atoms with E-state index in [0.717, 1.165) is 38.5 Å². The van der Waals surface area contributed by atoms with Gasteiger partial charge in [-0.1, -0.05) is 0 Å². The van der Waals surface area contributed by atoms with Gasteiger partial charge in [0, 0.05) is 0 Å². The Morgan fingerprint density at radius 2 is 1.17 bits per heavy atom. The SMILES string of the molecule is O=C(OC1CCC1)[C@H](O)[C@@H](O)C(=O)OC1CCC1. The van der Waals surface area contributed by atoms with Gasteiger partial charge in [-0.2, -0.15) is 0 Å². The van der Waals surface area contributed by atoms with E-state index in [-0.39, 0.29) is 12.2 Å². The minimum atomic E-state index is -1.86. The van der Waals surface area contributed by atoms with Crippen molar-refractivity contribution < 1.29 is 29.3 Å². The van der Waals surface area contributed by atoms with Crippen molar-refractivity contribution in [3.8, 4) is 0 Å². The van der Waals surface area contributed by atoms with Crippen LogP contribution in [0.2, 0.25) is 0 Å². The zero-order chi connectivity index (χ0) is 13.1. The summed E-state index contributed by atoms with van der Waals surface area (Å²) < 4.78 is 9.82. The third-order valence-electron chi connectivity index (χ3n) is 3.45. The first-order chi connectivity index (χ1) is 8.58. The van der Waals surface area contributed by atoms with E-state index in [1.807, 2.05) is 0 Å². The van der Waals surface area contributed by atoms with E-state index in [0.29, 0.717) is 0 Å². The molecule has 0 heterocycles. The molecule has 0 radical (unpaired) electrons. The molecule has 6 nitrogen and oxygen atoms in total. The van der Waals surface area contributed by atoms with E-state index in [1.54, 1.807) is 0 Å². The highest BCUT2D eigenvalue weighted by molar-refractivity contribution is 5.85. The molecule has 2 aliphatic rings. The van der Waals surface area contributed by atoms with E-state index in [2.05, 4.69) is 0 Å². The van der Waals surface area contributed by atoms with Crippen LogP contribution < -0.4 is 0 Å². The third-order valence-corrected chi connectivity index (χ3v) is 3.45. The number of rotatable bonds is 5. The van der Waals surface area contributed by atoms with E-state index >= 15 is 0 Å². The molecule has 0 aromatic heterocycles. The van der Waals surface area contributed by atoms with Gasteiger partial charge in [0.2, 0.25) is 0 Å². The number of esters is 2. The lowest BCUT2D eigenvalue weighted by molar-refractivity contribution is -0.182. The van der Waals surface area contributed by atoms with E-state index in [4.69, 9.17) is 9.47 Å². The van der Waals surface area contributed by atoms with Crippen LogP contribution in [0.4, 0.5) is 0 Å². The Morgan fingerprint density at radius 1 is 0.833 bits per heavy atom. The second-order valence-corrected chi connectivity index (χ2v) is 4.87. The van der Waals surface area contributed by atoms with Crippen molar-refractivity contribution >= 4 is 11.9 Å². The highest BCUT2D eigenvalue weighted by atomic mass is 16.6. The molecular formula is C12H18O6. The number of aliphatic hydroxyl groups is 2. The molecule has 2 atom stereocenters. The molecule has 2 saturated carbocycles. The molecule has 2 N–H and O–H groups in total. The minimum absolute atomic E-state index is 0.193. The normalized spacial score (nSPS) is 23.4. The summed E-state index contributed by atoms with van der Waals surface area (Å²) >= 11 is 0. The molecule has 0 unspecified atom stereocenters. The van der Waals surface area contributed by atoms with Gasteiger partial charge in [-0.05, 0) is 38.5 Å². The van der Waals surface area contributed by atoms with Crippen molar-refractivity contribution in [1.82, 2.24) is 0 Å². The van der Waals surface area contributed by atoms with Gasteiger partial charge in [0.05, 0.1) is 0 Å². The fourth-order valence-corrected chi connectivity index (χ4v) is 1.70. The highest BCUT2D eigenvalue weighted by Crippen LogP contribution is 2.24.